The first-order chi connectivity index (χ1) is 4.83. The third kappa shape index (κ3) is 1.62. The van der Waals surface area contributed by atoms with Gasteiger partial charge in [-0.25, -0.2) is 4.39 Å². The van der Waals surface area contributed by atoms with Gasteiger partial charge in [-0.2, -0.15) is 0 Å². The Labute approximate surface area is 57.7 Å². The van der Waals surface area contributed by atoms with Gasteiger partial charge >= 0.3 is 0 Å². The first kappa shape index (κ1) is 6.86. The molecular formula is C7H5FNO. The van der Waals surface area contributed by atoms with Gasteiger partial charge < -0.3 is 0 Å². The van der Waals surface area contributed by atoms with E-state index in [2.05, 4.69) is 4.98 Å². The predicted molar refractivity (Wildman–Crippen MR) is 33.6 cm³/mol. The van der Waals surface area contributed by atoms with Gasteiger partial charge in [0, 0.05) is 5.69 Å². The topological polar surface area (TPSA) is 30.0 Å². The minimum Gasteiger partial charge on any atom is -0.290 e. The molecule has 0 bridgehead atoms. The van der Waals surface area contributed by atoms with E-state index in [0.717, 1.165) is 6.20 Å². The van der Waals surface area contributed by atoms with Crippen molar-refractivity contribution in [2.75, 3.05) is 0 Å². The van der Waals surface area contributed by atoms with E-state index < -0.39 is 5.82 Å². The van der Waals surface area contributed by atoms with Crippen molar-refractivity contribution in [2.24, 2.45) is 0 Å². The number of hydrogen-bond acceptors (Lipinski definition) is 2. The van der Waals surface area contributed by atoms with Crippen molar-refractivity contribution in [3.63, 3.8) is 0 Å². The zero-order valence-corrected chi connectivity index (χ0v) is 5.17. The van der Waals surface area contributed by atoms with Gasteiger partial charge in [-0.15, -0.1) is 0 Å². The summed E-state index contributed by atoms with van der Waals surface area (Å²) >= 11 is 0. The fourth-order valence-corrected chi connectivity index (χ4v) is 0.585. The van der Waals surface area contributed by atoms with Gasteiger partial charge in [0.25, 0.3) is 0 Å². The molecule has 51 valence electrons. The molecule has 0 amide bonds. The van der Waals surface area contributed by atoms with Crippen LogP contribution in [0.2, 0.25) is 0 Å². The molecule has 0 spiro atoms. The summed E-state index contributed by atoms with van der Waals surface area (Å²) in [6.07, 6.45) is 2.87. The Morgan fingerprint density at radius 3 is 2.90 bits per heavy atom. The van der Waals surface area contributed by atoms with E-state index in [1.807, 2.05) is 0 Å². The van der Waals surface area contributed by atoms with E-state index in [0.29, 0.717) is 5.69 Å². The SMILES string of the molecule is O=[C]Cc1ccc(F)cn1. The number of halogens is 1. The molecule has 0 saturated carbocycles. The van der Waals surface area contributed by atoms with E-state index in [-0.39, 0.29) is 6.42 Å². The first-order valence-corrected chi connectivity index (χ1v) is 2.78. The summed E-state index contributed by atoms with van der Waals surface area (Å²) in [4.78, 5) is 13.4. The van der Waals surface area contributed by atoms with Gasteiger partial charge in [0.2, 0.25) is 6.29 Å². The van der Waals surface area contributed by atoms with Crippen molar-refractivity contribution in [1.82, 2.24) is 4.98 Å². The van der Waals surface area contributed by atoms with Crippen molar-refractivity contribution >= 4 is 6.29 Å². The average molecular weight is 138 g/mol. The lowest BCUT2D eigenvalue weighted by atomic mass is 10.3. The van der Waals surface area contributed by atoms with Crippen molar-refractivity contribution in [1.29, 1.82) is 0 Å². The Morgan fingerprint density at radius 2 is 2.40 bits per heavy atom. The highest BCUT2D eigenvalue weighted by molar-refractivity contribution is 5.54. The number of hydrogen-bond donors (Lipinski definition) is 0. The van der Waals surface area contributed by atoms with Crippen LogP contribution in [0, 0.1) is 5.82 Å². The second kappa shape index (κ2) is 3.06. The lowest BCUT2D eigenvalue weighted by Crippen LogP contribution is -1.89. The Balaban J connectivity index is 2.78. The van der Waals surface area contributed by atoms with E-state index >= 15 is 0 Å². The molecule has 1 radical (unpaired) electrons. The van der Waals surface area contributed by atoms with Crippen LogP contribution in [0.5, 0.6) is 0 Å². The van der Waals surface area contributed by atoms with Crippen LogP contribution in [0.15, 0.2) is 18.3 Å². The summed E-state index contributed by atoms with van der Waals surface area (Å²) < 4.78 is 12.2. The van der Waals surface area contributed by atoms with Gasteiger partial charge in [0.15, 0.2) is 0 Å². The molecule has 0 aliphatic heterocycles. The normalized spacial score (nSPS) is 9.30. The second-order valence-electron chi connectivity index (χ2n) is 1.79. The van der Waals surface area contributed by atoms with E-state index in [9.17, 15) is 9.18 Å². The van der Waals surface area contributed by atoms with Crippen LogP contribution in [0.3, 0.4) is 0 Å². The van der Waals surface area contributed by atoms with Crippen LogP contribution in [0.25, 0.3) is 0 Å². The maximum Gasteiger partial charge on any atom is 0.204 e. The van der Waals surface area contributed by atoms with E-state index in [1.54, 1.807) is 6.29 Å². The Kier molecular flexibility index (Phi) is 2.10. The molecule has 0 aliphatic carbocycles. The van der Waals surface area contributed by atoms with Crippen LogP contribution >= 0.6 is 0 Å². The lowest BCUT2D eigenvalue weighted by Gasteiger charge is -1.90. The predicted octanol–water partition coefficient (Wildman–Crippen LogP) is 0.873. The van der Waals surface area contributed by atoms with Crippen molar-refractivity contribution in [3.8, 4) is 0 Å². The highest BCUT2D eigenvalue weighted by Crippen LogP contribution is 1.96. The molecule has 0 aliphatic rings. The summed E-state index contributed by atoms with van der Waals surface area (Å²) in [5.41, 5.74) is 0.538. The smallest absolute Gasteiger partial charge is 0.204 e. The van der Waals surface area contributed by atoms with Crippen LogP contribution in [-0.2, 0) is 11.2 Å². The van der Waals surface area contributed by atoms with Gasteiger partial charge in [-0.1, -0.05) is 0 Å². The van der Waals surface area contributed by atoms with Crippen molar-refractivity contribution in [2.45, 2.75) is 6.42 Å². The summed E-state index contributed by atoms with van der Waals surface area (Å²) in [6, 6.07) is 2.72. The molecule has 2 nitrogen and oxygen atoms in total. The van der Waals surface area contributed by atoms with Crippen LogP contribution in [0.1, 0.15) is 5.69 Å². The zero-order chi connectivity index (χ0) is 7.40. The standard InChI is InChI=1S/C7H5FNO/c8-6-1-2-7(3-4-10)9-5-6/h1-2,5H,3H2. The lowest BCUT2D eigenvalue weighted by molar-refractivity contribution is 0.554. The Morgan fingerprint density at radius 1 is 1.60 bits per heavy atom. The minimum absolute atomic E-state index is 0.125. The minimum atomic E-state index is -0.394. The Hall–Kier alpha value is -1.25. The maximum atomic E-state index is 12.2. The monoisotopic (exact) mass is 138 g/mol. The largest absolute Gasteiger partial charge is 0.290 e. The molecule has 0 aromatic carbocycles. The summed E-state index contributed by atoms with van der Waals surface area (Å²) in [5.74, 6) is -0.394. The van der Waals surface area contributed by atoms with Gasteiger partial charge in [0.05, 0.1) is 12.6 Å². The molecule has 1 aromatic rings. The fraction of sp³-hybridized carbons (Fsp3) is 0.143. The first-order valence-electron chi connectivity index (χ1n) is 2.78. The molecule has 0 fully saturated rings. The molecule has 0 saturated heterocycles. The molecule has 0 unspecified atom stereocenters. The third-order valence-corrected chi connectivity index (χ3v) is 1.04. The quantitative estimate of drug-likeness (QED) is 0.607. The third-order valence-electron chi connectivity index (χ3n) is 1.04. The Bertz CT molecular complexity index is 220. The average Bonchev–Trinajstić information content (AvgIpc) is 1.95. The molecule has 10 heavy (non-hydrogen) atoms. The number of rotatable bonds is 2. The molecule has 1 heterocycles. The van der Waals surface area contributed by atoms with Crippen LogP contribution < -0.4 is 0 Å². The van der Waals surface area contributed by atoms with E-state index in [4.69, 9.17) is 0 Å². The highest BCUT2D eigenvalue weighted by Gasteiger charge is 1.92. The zero-order valence-electron chi connectivity index (χ0n) is 5.17. The van der Waals surface area contributed by atoms with E-state index in [1.165, 1.54) is 12.1 Å². The molecular weight excluding hydrogens is 133 g/mol. The summed E-state index contributed by atoms with van der Waals surface area (Å²) in [6.45, 7) is 0. The molecule has 3 heteroatoms. The number of nitrogens with zero attached hydrogens (tertiary/aromatic N) is 1. The number of pyridine rings is 1. The van der Waals surface area contributed by atoms with Crippen LogP contribution in [-0.4, -0.2) is 11.3 Å². The fourth-order valence-electron chi connectivity index (χ4n) is 0.585. The summed E-state index contributed by atoms with van der Waals surface area (Å²) in [7, 11) is 0. The number of carbonyl (C=O) groups excluding carboxylic acids is 1. The molecule has 0 atom stereocenters. The van der Waals surface area contributed by atoms with Gasteiger partial charge in [-0.3, -0.25) is 9.78 Å². The highest BCUT2D eigenvalue weighted by atomic mass is 19.1. The maximum absolute atomic E-state index is 12.2. The van der Waals surface area contributed by atoms with Gasteiger partial charge in [0.1, 0.15) is 5.82 Å². The van der Waals surface area contributed by atoms with Crippen molar-refractivity contribution < 1.29 is 9.18 Å². The molecule has 1 rings (SSSR count). The number of aromatic nitrogens is 1. The second-order valence-corrected chi connectivity index (χ2v) is 1.79. The van der Waals surface area contributed by atoms with Gasteiger partial charge in [-0.05, 0) is 12.1 Å². The van der Waals surface area contributed by atoms with Crippen LogP contribution in [0.4, 0.5) is 4.39 Å². The summed E-state index contributed by atoms with van der Waals surface area (Å²) in [5, 5.41) is 0. The molecule has 1 aromatic heterocycles. The molecule has 0 N–H and O–H groups in total. The van der Waals surface area contributed by atoms with Crippen molar-refractivity contribution in [3.05, 3.63) is 29.8 Å².